The quantitative estimate of drug-likeness (QED) is 0.696. The lowest BCUT2D eigenvalue weighted by atomic mass is 10.2. The number of rotatable bonds is 6. The fraction of sp³-hybridized carbons (Fsp3) is 0.462. The van der Waals surface area contributed by atoms with E-state index in [-0.39, 0.29) is 0 Å². The van der Waals surface area contributed by atoms with Crippen molar-refractivity contribution in [2.75, 3.05) is 6.61 Å². The van der Waals surface area contributed by atoms with Gasteiger partial charge in [-0.2, -0.15) is 5.26 Å². The third kappa shape index (κ3) is 4.12. The van der Waals surface area contributed by atoms with Crippen LogP contribution >= 0.6 is 11.6 Å². The van der Waals surface area contributed by atoms with E-state index in [1.165, 1.54) is 19.3 Å². The first-order valence-electron chi connectivity index (χ1n) is 5.60. The first-order valence-corrected chi connectivity index (χ1v) is 5.98. The van der Waals surface area contributed by atoms with Crippen LogP contribution in [0.2, 0.25) is 5.02 Å². The molecule has 1 aromatic carbocycles. The van der Waals surface area contributed by atoms with Crippen LogP contribution in [0, 0.1) is 11.3 Å². The Morgan fingerprint density at radius 1 is 1.31 bits per heavy atom. The minimum Gasteiger partial charge on any atom is -0.492 e. The van der Waals surface area contributed by atoms with Gasteiger partial charge in [0.15, 0.2) is 0 Å². The van der Waals surface area contributed by atoms with Crippen LogP contribution in [0.1, 0.15) is 38.2 Å². The molecular weight excluding hydrogens is 222 g/mol. The zero-order chi connectivity index (χ0) is 11.8. The van der Waals surface area contributed by atoms with Gasteiger partial charge in [-0.25, -0.2) is 0 Å². The number of nitrogens with zero attached hydrogens (tertiary/aromatic N) is 1. The van der Waals surface area contributed by atoms with Gasteiger partial charge in [-0.1, -0.05) is 37.8 Å². The monoisotopic (exact) mass is 237 g/mol. The van der Waals surface area contributed by atoms with Gasteiger partial charge >= 0.3 is 0 Å². The predicted octanol–water partition coefficient (Wildman–Crippen LogP) is 4.17. The Balaban J connectivity index is 2.46. The summed E-state index contributed by atoms with van der Waals surface area (Å²) in [5.74, 6) is 0.589. The molecule has 0 amide bonds. The molecule has 0 N–H and O–H groups in total. The summed E-state index contributed by atoms with van der Waals surface area (Å²) < 4.78 is 5.55. The van der Waals surface area contributed by atoms with Crippen molar-refractivity contribution in [1.29, 1.82) is 5.26 Å². The van der Waals surface area contributed by atoms with Crippen LogP contribution in [0.5, 0.6) is 5.75 Å². The van der Waals surface area contributed by atoms with E-state index >= 15 is 0 Å². The highest BCUT2D eigenvalue weighted by Crippen LogP contribution is 2.22. The molecular formula is C13H16ClNO. The SMILES string of the molecule is CCCCCCOc1cc(Cl)ccc1C#N. The predicted molar refractivity (Wildman–Crippen MR) is 65.8 cm³/mol. The van der Waals surface area contributed by atoms with E-state index in [1.54, 1.807) is 18.2 Å². The average Bonchev–Trinajstić information content (AvgIpc) is 2.29. The second kappa shape index (κ2) is 7.14. The van der Waals surface area contributed by atoms with Crippen molar-refractivity contribution in [2.45, 2.75) is 32.6 Å². The fourth-order valence-corrected chi connectivity index (χ4v) is 1.58. The molecule has 86 valence electrons. The number of halogens is 1. The van der Waals surface area contributed by atoms with Crippen molar-refractivity contribution in [2.24, 2.45) is 0 Å². The van der Waals surface area contributed by atoms with Gasteiger partial charge in [-0.05, 0) is 18.6 Å². The molecule has 0 aromatic heterocycles. The molecule has 0 saturated heterocycles. The number of nitriles is 1. The second-order valence-corrected chi connectivity index (χ2v) is 4.10. The van der Waals surface area contributed by atoms with Crippen molar-refractivity contribution < 1.29 is 4.74 Å². The molecule has 0 heterocycles. The molecule has 1 rings (SSSR count). The van der Waals surface area contributed by atoms with Crippen LogP contribution in [0.25, 0.3) is 0 Å². The zero-order valence-electron chi connectivity index (χ0n) is 9.50. The topological polar surface area (TPSA) is 33.0 Å². The molecule has 0 saturated carbocycles. The van der Waals surface area contributed by atoms with E-state index in [2.05, 4.69) is 13.0 Å². The van der Waals surface area contributed by atoms with Crippen molar-refractivity contribution in [3.05, 3.63) is 28.8 Å². The normalized spacial score (nSPS) is 9.81. The number of benzene rings is 1. The lowest BCUT2D eigenvalue weighted by Crippen LogP contribution is -1.99. The maximum atomic E-state index is 8.88. The van der Waals surface area contributed by atoms with Gasteiger partial charge in [0, 0.05) is 11.1 Å². The Hall–Kier alpha value is -1.20. The van der Waals surface area contributed by atoms with Crippen molar-refractivity contribution >= 4 is 11.6 Å². The van der Waals surface area contributed by atoms with E-state index in [1.807, 2.05) is 0 Å². The Bertz CT molecular complexity index is 371. The van der Waals surface area contributed by atoms with Crippen LogP contribution in [0.15, 0.2) is 18.2 Å². The van der Waals surface area contributed by atoms with E-state index in [4.69, 9.17) is 21.6 Å². The summed E-state index contributed by atoms with van der Waals surface area (Å²) in [5, 5.41) is 9.48. The molecule has 3 heteroatoms. The number of hydrogen-bond donors (Lipinski definition) is 0. The van der Waals surface area contributed by atoms with Crippen LogP contribution < -0.4 is 4.74 Å². The Morgan fingerprint density at radius 2 is 2.12 bits per heavy atom. The largest absolute Gasteiger partial charge is 0.492 e. The molecule has 0 unspecified atom stereocenters. The maximum Gasteiger partial charge on any atom is 0.138 e. The minimum absolute atomic E-state index is 0.542. The van der Waals surface area contributed by atoms with E-state index in [0.717, 1.165) is 6.42 Å². The first kappa shape index (κ1) is 12.9. The van der Waals surface area contributed by atoms with Crippen LogP contribution in [0.3, 0.4) is 0 Å². The van der Waals surface area contributed by atoms with Gasteiger partial charge in [0.25, 0.3) is 0 Å². The minimum atomic E-state index is 0.542. The van der Waals surface area contributed by atoms with Crippen LogP contribution in [-0.2, 0) is 0 Å². The third-order valence-corrected chi connectivity index (χ3v) is 2.55. The molecule has 1 aromatic rings. The zero-order valence-corrected chi connectivity index (χ0v) is 10.3. The van der Waals surface area contributed by atoms with Gasteiger partial charge < -0.3 is 4.74 Å². The number of ether oxygens (including phenoxy) is 1. The van der Waals surface area contributed by atoms with Gasteiger partial charge in [0.1, 0.15) is 11.8 Å². The van der Waals surface area contributed by atoms with E-state index in [9.17, 15) is 0 Å². The summed E-state index contributed by atoms with van der Waals surface area (Å²) in [7, 11) is 0. The maximum absolute atomic E-state index is 8.88. The molecule has 2 nitrogen and oxygen atoms in total. The lowest BCUT2D eigenvalue weighted by molar-refractivity contribution is 0.304. The van der Waals surface area contributed by atoms with Crippen molar-refractivity contribution in [3.8, 4) is 11.8 Å². The summed E-state index contributed by atoms with van der Waals surface area (Å²) in [6.45, 7) is 2.82. The highest BCUT2D eigenvalue weighted by Gasteiger charge is 2.03. The smallest absolute Gasteiger partial charge is 0.138 e. The summed E-state index contributed by atoms with van der Waals surface area (Å²) in [4.78, 5) is 0. The Labute approximate surface area is 102 Å². The van der Waals surface area contributed by atoms with Gasteiger partial charge in [-0.15, -0.1) is 0 Å². The highest BCUT2D eigenvalue weighted by molar-refractivity contribution is 6.30. The molecule has 0 fully saturated rings. The van der Waals surface area contributed by atoms with Crippen molar-refractivity contribution in [1.82, 2.24) is 0 Å². The second-order valence-electron chi connectivity index (χ2n) is 3.66. The summed E-state index contributed by atoms with van der Waals surface area (Å²) >= 11 is 5.85. The van der Waals surface area contributed by atoms with Gasteiger partial charge in [0.2, 0.25) is 0 Å². The first-order chi connectivity index (χ1) is 7.77. The average molecular weight is 238 g/mol. The van der Waals surface area contributed by atoms with Crippen LogP contribution in [-0.4, -0.2) is 6.61 Å². The lowest BCUT2D eigenvalue weighted by Gasteiger charge is -2.07. The fourth-order valence-electron chi connectivity index (χ4n) is 1.42. The van der Waals surface area contributed by atoms with E-state index < -0.39 is 0 Å². The number of unbranched alkanes of at least 4 members (excludes halogenated alkanes) is 3. The van der Waals surface area contributed by atoms with Crippen LogP contribution in [0.4, 0.5) is 0 Å². The van der Waals surface area contributed by atoms with Gasteiger partial charge in [-0.3, -0.25) is 0 Å². The third-order valence-electron chi connectivity index (χ3n) is 2.32. The summed E-state index contributed by atoms with van der Waals surface area (Å²) in [6.07, 6.45) is 4.62. The molecule has 0 spiro atoms. The summed E-state index contributed by atoms with van der Waals surface area (Å²) in [6, 6.07) is 7.17. The molecule has 0 aliphatic heterocycles. The highest BCUT2D eigenvalue weighted by atomic mass is 35.5. The molecule has 0 bridgehead atoms. The summed E-state index contributed by atoms with van der Waals surface area (Å²) in [5.41, 5.74) is 0.542. The molecule has 0 radical (unpaired) electrons. The Morgan fingerprint density at radius 3 is 2.81 bits per heavy atom. The van der Waals surface area contributed by atoms with E-state index in [0.29, 0.717) is 22.9 Å². The molecule has 0 aliphatic carbocycles. The number of hydrogen-bond acceptors (Lipinski definition) is 2. The Kier molecular flexibility index (Phi) is 5.74. The molecule has 16 heavy (non-hydrogen) atoms. The van der Waals surface area contributed by atoms with Gasteiger partial charge in [0.05, 0.1) is 12.2 Å². The standard InChI is InChI=1S/C13H16ClNO/c1-2-3-4-5-8-16-13-9-12(14)7-6-11(13)10-15/h6-7,9H,2-5,8H2,1H3. The van der Waals surface area contributed by atoms with Crippen molar-refractivity contribution in [3.63, 3.8) is 0 Å². The molecule has 0 aliphatic rings. The molecule has 0 atom stereocenters.